The van der Waals surface area contributed by atoms with Crippen molar-refractivity contribution in [2.24, 2.45) is 0 Å². The minimum atomic E-state index is -2.93. The van der Waals surface area contributed by atoms with E-state index in [-0.39, 0.29) is 18.2 Å². The number of thioether (sulfide) groups is 1. The zero-order valence-electron chi connectivity index (χ0n) is 19.2. The van der Waals surface area contributed by atoms with Crippen LogP contribution in [0, 0.1) is 11.3 Å². The number of anilines is 1. The number of rotatable bonds is 8. The number of para-hydroxylation sites is 1. The number of benzene rings is 3. The number of hydrogen-bond donors (Lipinski definition) is 0. The number of nitriles is 1. The molecule has 182 valence electrons. The molecule has 2 heterocycles. The molecule has 0 saturated carbocycles. The monoisotopic (exact) mass is 504 g/mol. The molecule has 0 spiro atoms. The van der Waals surface area contributed by atoms with E-state index in [4.69, 9.17) is 9.72 Å². The summed E-state index contributed by atoms with van der Waals surface area (Å²) >= 11 is 1.57. The predicted molar refractivity (Wildman–Crippen MR) is 134 cm³/mol. The molecule has 0 aliphatic carbocycles. The number of carbonyl (C=O) groups excluding carboxylic acids is 1. The molecule has 0 N–H and O–H groups in total. The average Bonchev–Trinajstić information content (AvgIpc) is 3.46. The number of ether oxygens (including phenoxy) is 1. The van der Waals surface area contributed by atoms with Gasteiger partial charge in [0, 0.05) is 29.1 Å². The molecule has 9 heteroatoms. The fourth-order valence-corrected chi connectivity index (χ4v) is 5.25. The molecule has 1 aromatic heterocycles. The highest BCUT2D eigenvalue weighted by Crippen LogP contribution is 2.31. The smallest absolute Gasteiger partial charge is 0.387 e. The lowest BCUT2D eigenvalue weighted by Gasteiger charge is -2.16. The standard InChI is InChI=1S/C27H22F2N4O2S/c28-27(29)35-24-8-2-1-5-19(24)16-33-23-13-18(15-30)10-11-22(23)31-25(33)17-36-21-7-3-6-20(14-21)32-12-4-9-26(32)34/h1-3,5-8,10-11,13-14,27H,4,9,12,16-17H2. The van der Waals surface area contributed by atoms with E-state index in [1.807, 2.05) is 33.7 Å². The number of fused-ring (bicyclic) bond motifs is 1. The van der Waals surface area contributed by atoms with Crippen LogP contribution in [0.4, 0.5) is 14.5 Å². The molecule has 36 heavy (non-hydrogen) atoms. The molecule has 0 atom stereocenters. The summed E-state index contributed by atoms with van der Waals surface area (Å²) in [6.07, 6.45) is 1.44. The normalized spacial score (nSPS) is 13.5. The molecule has 6 nitrogen and oxygen atoms in total. The maximum Gasteiger partial charge on any atom is 0.387 e. The molecule has 0 radical (unpaired) electrons. The van der Waals surface area contributed by atoms with Crippen molar-refractivity contribution in [1.29, 1.82) is 5.26 Å². The molecule has 4 aromatic rings. The van der Waals surface area contributed by atoms with Crippen LogP contribution in [-0.4, -0.2) is 28.6 Å². The zero-order chi connectivity index (χ0) is 25.1. The molecule has 3 aromatic carbocycles. The number of alkyl halides is 2. The second-order valence-corrected chi connectivity index (χ2v) is 9.40. The van der Waals surface area contributed by atoms with Gasteiger partial charge < -0.3 is 14.2 Å². The van der Waals surface area contributed by atoms with E-state index < -0.39 is 6.61 Å². The van der Waals surface area contributed by atoms with Crippen LogP contribution < -0.4 is 9.64 Å². The van der Waals surface area contributed by atoms with E-state index in [1.165, 1.54) is 6.07 Å². The van der Waals surface area contributed by atoms with E-state index >= 15 is 0 Å². The first-order valence-corrected chi connectivity index (χ1v) is 12.5. The Kier molecular flexibility index (Phi) is 6.87. The van der Waals surface area contributed by atoms with Crippen molar-refractivity contribution < 1.29 is 18.3 Å². The Hall–Kier alpha value is -3.90. The van der Waals surface area contributed by atoms with Crippen molar-refractivity contribution in [2.75, 3.05) is 11.4 Å². The SMILES string of the molecule is N#Cc1ccc2nc(CSc3cccc(N4CCCC4=O)c3)n(Cc3ccccc3OC(F)F)c2c1. The number of imidazole rings is 1. The summed E-state index contributed by atoms with van der Waals surface area (Å²) in [4.78, 5) is 19.7. The minimum Gasteiger partial charge on any atom is -0.434 e. The van der Waals surface area contributed by atoms with Crippen LogP contribution in [0.5, 0.6) is 5.75 Å². The lowest BCUT2D eigenvalue weighted by molar-refractivity contribution is -0.117. The first-order valence-electron chi connectivity index (χ1n) is 11.5. The first-order chi connectivity index (χ1) is 17.5. The summed E-state index contributed by atoms with van der Waals surface area (Å²) in [5, 5.41) is 9.40. The lowest BCUT2D eigenvalue weighted by atomic mass is 10.2. The number of nitrogens with zero attached hydrogens (tertiary/aromatic N) is 4. The van der Waals surface area contributed by atoms with Crippen molar-refractivity contribution in [3.05, 3.63) is 83.7 Å². The lowest BCUT2D eigenvalue weighted by Crippen LogP contribution is -2.23. The molecule has 0 unspecified atom stereocenters. The maximum absolute atomic E-state index is 13.0. The third-order valence-electron chi connectivity index (χ3n) is 6.04. The minimum absolute atomic E-state index is 0.104. The van der Waals surface area contributed by atoms with E-state index in [1.54, 1.807) is 48.2 Å². The maximum atomic E-state index is 13.0. The Morgan fingerprint density at radius 1 is 1.11 bits per heavy atom. The van der Waals surface area contributed by atoms with Gasteiger partial charge in [-0.1, -0.05) is 24.3 Å². The Bertz CT molecular complexity index is 1460. The van der Waals surface area contributed by atoms with Gasteiger partial charge in [0.25, 0.3) is 0 Å². The molecule has 1 fully saturated rings. The molecule has 1 aliphatic rings. The second-order valence-electron chi connectivity index (χ2n) is 8.35. The number of halogens is 2. The number of aromatic nitrogens is 2. The highest BCUT2D eigenvalue weighted by Gasteiger charge is 2.22. The molecular formula is C27H22F2N4O2S. The van der Waals surface area contributed by atoms with Gasteiger partial charge in [0.2, 0.25) is 5.91 Å². The molecule has 1 amide bonds. The van der Waals surface area contributed by atoms with E-state index in [0.29, 0.717) is 28.8 Å². The summed E-state index contributed by atoms with van der Waals surface area (Å²) in [5.41, 5.74) is 3.41. The summed E-state index contributed by atoms with van der Waals surface area (Å²) in [7, 11) is 0. The van der Waals surface area contributed by atoms with Gasteiger partial charge in [-0.25, -0.2) is 4.98 Å². The average molecular weight is 505 g/mol. The van der Waals surface area contributed by atoms with E-state index in [2.05, 4.69) is 6.07 Å². The van der Waals surface area contributed by atoms with Crippen LogP contribution in [0.15, 0.2) is 71.6 Å². The Balaban J connectivity index is 1.46. The van der Waals surface area contributed by atoms with Gasteiger partial charge >= 0.3 is 6.61 Å². The third kappa shape index (κ3) is 5.04. The number of hydrogen-bond acceptors (Lipinski definition) is 5. The van der Waals surface area contributed by atoms with Gasteiger partial charge in [0.1, 0.15) is 11.6 Å². The van der Waals surface area contributed by atoms with Crippen molar-refractivity contribution in [3.8, 4) is 11.8 Å². The topological polar surface area (TPSA) is 71.2 Å². The van der Waals surface area contributed by atoms with Crippen LogP contribution in [0.3, 0.4) is 0 Å². The van der Waals surface area contributed by atoms with Gasteiger partial charge in [-0.15, -0.1) is 11.8 Å². The van der Waals surface area contributed by atoms with Crippen molar-refractivity contribution in [3.63, 3.8) is 0 Å². The van der Waals surface area contributed by atoms with Crippen LogP contribution in [-0.2, 0) is 17.1 Å². The summed E-state index contributed by atoms with van der Waals surface area (Å²) in [5.74, 6) is 1.48. The van der Waals surface area contributed by atoms with Crippen LogP contribution >= 0.6 is 11.8 Å². The number of carbonyl (C=O) groups is 1. The van der Waals surface area contributed by atoms with E-state index in [0.717, 1.165) is 34.9 Å². The van der Waals surface area contributed by atoms with Crippen LogP contribution in [0.25, 0.3) is 11.0 Å². The second kappa shape index (κ2) is 10.4. The predicted octanol–water partition coefficient (Wildman–Crippen LogP) is 5.98. The zero-order valence-corrected chi connectivity index (χ0v) is 20.0. The molecule has 5 rings (SSSR count). The quantitative estimate of drug-likeness (QED) is 0.276. The van der Waals surface area contributed by atoms with Gasteiger partial charge in [-0.2, -0.15) is 14.0 Å². The first kappa shape index (κ1) is 23.8. The number of amides is 1. The van der Waals surface area contributed by atoms with E-state index in [9.17, 15) is 18.8 Å². The highest BCUT2D eigenvalue weighted by molar-refractivity contribution is 7.98. The third-order valence-corrected chi connectivity index (χ3v) is 7.03. The molecular weight excluding hydrogens is 482 g/mol. The Morgan fingerprint density at radius 3 is 2.75 bits per heavy atom. The summed E-state index contributed by atoms with van der Waals surface area (Å²) in [6.45, 7) is -1.95. The van der Waals surface area contributed by atoms with Gasteiger partial charge in [-0.3, -0.25) is 4.79 Å². The fraction of sp³-hybridized carbons (Fsp3) is 0.222. The van der Waals surface area contributed by atoms with Crippen LogP contribution in [0.1, 0.15) is 29.8 Å². The molecule has 0 bridgehead atoms. The fourth-order valence-electron chi connectivity index (χ4n) is 4.35. The van der Waals surface area contributed by atoms with Crippen molar-refractivity contribution in [2.45, 2.75) is 36.6 Å². The Labute approximate surface area is 211 Å². The van der Waals surface area contributed by atoms with Crippen molar-refractivity contribution in [1.82, 2.24) is 9.55 Å². The summed E-state index contributed by atoms with van der Waals surface area (Å²) in [6, 6.07) is 21.9. The highest BCUT2D eigenvalue weighted by atomic mass is 32.2. The largest absolute Gasteiger partial charge is 0.434 e. The van der Waals surface area contributed by atoms with Crippen molar-refractivity contribution >= 4 is 34.4 Å². The van der Waals surface area contributed by atoms with Crippen LogP contribution in [0.2, 0.25) is 0 Å². The molecule has 1 saturated heterocycles. The molecule has 1 aliphatic heterocycles. The van der Waals surface area contributed by atoms with Gasteiger partial charge in [0.05, 0.1) is 35.0 Å². The summed E-state index contributed by atoms with van der Waals surface area (Å²) < 4.78 is 32.6. The Morgan fingerprint density at radius 2 is 1.97 bits per heavy atom. The van der Waals surface area contributed by atoms with Gasteiger partial charge in [-0.05, 0) is 48.9 Å². The van der Waals surface area contributed by atoms with Gasteiger partial charge in [0.15, 0.2) is 0 Å².